The third kappa shape index (κ3) is 23.3. The summed E-state index contributed by atoms with van der Waals surface area (Å²) in [5.74, 6) is -12.2. The number of aliphatic carboxylic acids is 1. The number of rotatable bonds is 33. The number of carbonyl (C=O) groups excluding carboxylic acids is 16. The van der Waals surface area contributed by atoms with E-state index in [0.29, 0.717) is 17.8 Å². The summed E-state index contributed by atoms with van der Waals surface area (Å²) >= 11 is 0. The van der Waals surface area contributed by atoms with Crippen molar-refractivity contribution in [1.29, 1.82) is 0 Å². The number of carboxylic acid groups (broad SMARTS) is 1. The van der Waals surface area contributed by atoms with Gasteiger partial charge in [0, 0.05) is 5.41 Å². The molecule has 34 heteroatoms. The molecule has 8 atom stereocenters. The number of carbonyl (C=O) groups is 17. The zero-order chi connectivity index (χ0) is 78.2. The smallest absolute Gasteiger partial charge is 0.328 e. The minimum absolute atomic E-state index is 0.139. The monoisotopic (exact) mass is 1430 g/mol. The highest BCUT2D eigenvalue weighted by Crippen LogP contribution is 2.60. The highest BCUT2D eigenvalue weighted by atomic mass is 16.4. The molecule has 4 aliphatic rings. The van der Waals surface area contributed by atoms with Gasteiger partial charge in [0.15, 0.2) is 0 Å². The summed E-state index contributed by atoms with van der Waals surface area (Å²) < 4.78 is 0. The topological polar surface area (TPSA) is 503 Å². The largest absolute Gasteiger partial charge is 0.480 e. The summed E-state index contributed by atoms with van der Waals surface area (Å²) in [6.07, 6.45) is 5.89. The van der Waals surface area contributed by atoms with E-state index in [0.717, 1.165) is 38.5 Å². The van der Waals surface area contributed by atoms with Crippen LogP contribution in [-0.2, 0) is 81.5 Å². The molecule has 0 aliphatic heterocycles. The Kier molecular flexibility index (Phi) is 27.6. The van der Waals surface area contributed by atoms with Crippen LogP contribution in [0.25, 0.3) is 0 Å². The van der Waals surface area contributed by atoms with Crippen molar-refractivity contribution in [3.05, 3.63) is 0 Å². The van der Waals surface area contributed by atoms with E-state index in [1.54, 1.807) is 6.92 Å². The van der Waals surface area contributed by atoms with Gasteiger partial charge < -0.3 is 90.2 Å². The zero-order valence-electron chi connectivity index (χ0n) is 63.0. The first-order valence-corrected chi connectivity index (χ1v) is 33.9. The Morgan fingerprint density at radius 2 is 0.396 bits per heavy atom. The van der Waals surface area contributed by atoms with Gasteiger partial charge in [-0.05, 0) is 222 Å². The molecule has 0 aromatic heterocycles. The minimum atomic E-state index is -1.74. The lowest BCUT2D eigenvalue weighted by Crippen LogP contribution is -2.65. The predicted octanol–water partition coefficient (Wildman–Crippen LogP) is -2.52. The van der Waals surface area contributed by atoms with Gasteiger partial charge in [-0.1, -0.05) is 0 Å². The Morgan fingerprint density at radius 1 is 0.257 bits per heavy atom. The van der Waals surface area contributed by atoms with Crippen molar-refractivity contribution in [2.75, 3.05) is 0 Å². The van der Waals surface area contributed by atoms with Crippen molar-refractivity contribution in [1.82, 2.24) is 85.1 Å². The Labute approximate surface area is 590 Å². The Morgan fingerprint density at radius 3 is 0.545 bits per heavy atom. The molecule has 101 heavy (non-hydrogen) atoms. The number of amides is 16. The third-order valence-corrected chi connectivity index (χ3v) is 18.4. The fourth-order valence-electron chi connectivity index (χ4n) is 11.7. The van der Waals surface area contributed by atoms with Crippen LogP contribution in [0.2, 0.25) is 0 Å². The lowest BCUT2D eigenvalue weighted by atomic mass is 9.49. The summed E-state index contributed by atoms with van der Waals surface area (Å²) in [6, 6.07) is -9.96. The van der Waals surface area contributed by atoms with Crippen LogP contribution in [0.3, 0.4) is 0 Å². The van der Waals surface area contributed by atoms with Gasteiger partial charge in [-0.3, -0.25) is 76.7 Å². The maximum Gasteiger partial charge on any atom is 0.328 e. The van der Waals surface area contributed by atoms with Crippen molar-refractivity contribution in [3.63, 3.8) is 0 Å². The highest BCUT2D eigenvalue weighted by Gasteiger charge is 2.55. The molecule has 4 bridgehead atoms. The van der Waals surface area contributed by atoms with E-state index in [2.05, 4.69) is 85.1 Å². The molecule has 0 spiro atoms. The van der Waals surface area contributed by atoms with E-state index in [1.807, 2.05) is 0 Å². The normalized spacial score (nSPS) is 20.0. The molecule has 0 radical (unpaired) electrons. The highest BCUT2D eigenvalue weighted by molar-refractivity contribution is 6.03. The SMILES string of the molecule is C[C@H](NC(=O)C12CC3CC(CC(C3)C1)C2)C(=O)NC(C)(C)C(=O)N[C@@H](C)C(=O)NC(C)(C)C(=O)N[C@@H](C)C(=O)NC(C)(C)C(=O)N[C@@H](C)C(=O)NC(C)(C)C(=O)N[C@@H](C)C(=O)NC(C)(C)C(=O)N[C@@H](C)C(=O)NC(C)(C)C(=O)N[C@@H](C)C(=O)NC(C)(C)C(=O)N[C@@H](C)C(=O)NC(C)(C)C(=O)O. The average Bonchev–Trinajstić information content (AvgIpc) is 0.740. The van der Waals surface area contributed by atoms with Gasteiger partial charge in [0.1, 0.15) is 92.6 Å². The van der Waals surface area contributed by atoms with Crippen molar-refractivity contribution in [2.45, 2.75) is 297 Å². The van der Waals surface area contributed by atoms with Crippen molar-refractivity contribution in [2.24, 2.45) is 23.2 Å². The second kappa shape index (κ2) is 32.3. The molecule has 0 aromatic carbocycles. The average molecular weight is 1430 g/mol. The number of carboxylic acids is 1. The summed E-state index contributed by atoms with van der Waals surface area (Å²) in [5.41, 5.74) is -13.9. The lowest BCUT2D eigenvalue weighted by Gasteiger charge is -2.55. The molecule has 0 aromatic rings. The van der Waals surface area contributed by atoms with E-state index in [-0.39, 0.29) is 5.91 Å². The second-order valence-corrected chi connectivity index (χ2v) is 32.0. The van der Waals surface area contributed by atoms with Gasteiger partial charge in [-0.2, -0.15) is 0 Å². The van der Waals surface area contributed by atoms with E-state index in [4.69, 9.17) is 0 Å². The first-order chi connectivity index (χ1) is 45.6. The van der Waals surface area contributed by atoms with Crippen LogP contribution in [0.4, 0.5) is 0 Å². The quantitative estimate of drug-likeness (QED) is 0.0323. The van der Waals surface area contributed by atoms with Crippen molar-refractivity contribution < 1.29 is 86.6 Å². The first-order valence-electron chi connectivity index (χ1n) is 33.9. The lowest BCUT2D eigenvalue weighted by molar-refractivity contribution is -0.148. The Bertz CT molecular complexity index is 3250. The van der Waals surface area contributed by atoms with E-state index < -0.39 is 193 Å². The zero-order valence-corrected chi connectivity index (χ0v) is 63.0. The molecule has 4 saturated carbocycles. The summed E-state index contributed by atoms with van der Waals surface area (Å²) in [5, 5.41) is 49.3. The van der Waals surface area contributed by atoms with Gasteiger partial charge in [0.05, 0.1) is 0 Å². The summed E-state index contributed by atoms with van der Waals surface area (Å²) in [4.78, 5) is 225. The van der Waals surface area contributed by atoms with Crippen LogP contribution in [0, 0.1) is 23.2 Å². The molecule has 0 unspecified atom stereocenters. The maximum atomic E-state index is 13.6. The Balaban J connectivity index is 1.45. The fraction of sp³-hybridized carbons (Fsp3) is 0.746. The fourth-order valence-corrected chi connectivity index (χ4v) is 11.7. The van der Waals surface area contributed by atoms with Crippen molar-refractivity contribution >= 4 is 100 Å². The van der Waals surface area contributed by atoms with Crippen LogP contribution < -0.4 is 85.1 Å². The van der Waals surface area contributed by atoms with Gasteiger partial charge in [0.2, 0.25) is 94.5 Å². The predicted molar refractivity (Wildman–Crippen MR) is 367 cm³/mol. The molecule has 16 amide bonds. The summed E-state index contributed by atoms with van der Waals surface area (Å²) in [7, 11) is 0. The van der Waals surface area contributed by atoms with Gasteiger partial charge in [-0.25, -0.2) is 4.79 Å². The molecule has 4 rings (SSSR count). The van der Waals surface area contributed by atoms with Gasteiger partial charge in [-0.15, -0.1) is 0 Å². The molecule has 0 saturated heterocycles. The molecule has 4 aliphatic carbocycles. The molecular formula is C67H112N16O18. The third-order valence-electron chi connectivity index (χ3n) is 18.4. The molecule has 34 nitrogen and oxygen atoms in total. The molecular weight excluding hydrogens is 1320 g/mol. The minimum Gasteiger partial charge on any atom is -0.480 e. The molecule has 568 valence electrons. The number of nitrogens with one attached hydrogen (secondary N) is 16. The number of hydrogen-bond acceptors (Lipinski definition) is 17. The molecule has 4 fully saturated rings. The van der Waals surface area contributed by atoms with Crippen molar-refractivity contribution in [3.8, 4) is 0 Å². The van der Waals surface area contributed by atoms with E-state index in [1.165, 1.54) is 159 Å². The second-order valence-electron chi connectivity index (χ2n) is 32.0. The van der Waals surface area contributed by atoms with Crippen LogP contribution in [0.15, 0.2) is 0 Å². The molecule has 0 heterocycles. The van der Waals surface area contributed by atoms with E-state index >= 15 is 0 Å². The summed E-state index contributed by atoms with van der Waals surface area (Å²) in [6.45, 7) is 32.0. The maximum absolute atomic E-state index is 13.6. The first kappa shape index (κ1) is 86.2. The molecule has 17 N–H and O–H groups in total. The number of hydrogen-bond donors (Lipinski definition) is 17. The Hall–Kier alpha value is -9.01. The van der Waals surface area contributed by atoms with Gasteiger partial charge in [0.25, 0.3) is 0 Å². The van der Waals surface area contributed by atoms with Crippen LogP contribution >= 0.6 is 0 Å². The standard InChI is InChI=1S/C67H112N16O18/c1-31(43(85)77-60(11,12)52(94)70-33(3)45(87)79-62(15,16)54(96)72-35(5)47(89)81-64(19,20)56(98)74-37(7)49(91)83-66(23,24)58(100)101)68-50(92)59(9,10)76-42(84)32(2)69-51(93)61(13,14)78-44(86)34(4)71-53(95)63(17,18)80-46(88)36(6)73-55(97)65(21,22)82-48(90)38(8)75-57(99)67-28-39-25-40(29-67)27-41(26-39)30-67/h31-41H,25-30H2,1-24H3,(H,68,92)(H,69,93)(H,70,94)(H,71,95)(H,72,96)(H,73,97)(H,74,98)(H,75,99)(H,76,84)(H,77,85)(H,78,86)(H,79,87)(H,80,88)(H,81,89)(H,82,90)(H,83,91)(H,100,101)/t31-,32-,33-,34-,35-,36-,37-,38-,39?,40?,41?,67?/m0/s1. The van der Waals surface area contributed by atoms with Crippen LogP contribution in [0.5, 0.6) is 0 Å². The van der Waals surface area contributed by atoms with Gasteiger partial charge >= 0.3 is 5.97 Å². The van der Waals surface area contributed by atoms with E-state index in [9.17, 15) is 86.6 Å². The van der Waals surface area contributed by atoms with Crippen LogP contribution in [-0.4, -0.2) is 198 Å². The van der Waals surface area contributed by atoms with Crippen LogP contribution in [0.1, 0.15) is 205 Å².